The van der Waals surface area contributed by atoms with Crippen LogP contribution in [-0.2, 0) is 17.9 Å². The van der Waals surface area contributed by atoms with E-state index in [1.807, 2.05) is 0 Å². The Morgan fingerprint density at radius 1 is 0.577 bits per heavy atom. The molecule has 5 heteroatoms. The Hall–Kier alpha value is -5.55. The summed E-state index contributed by atoms with van der Waals surface area (Å²) in [6.07, 6.45) is 0. The molecule has 4 nitrogen and oxygen atoms in total. The summed E-state index contributed by atoms with van der Waals surface area (Å²) < 4.78 is 18.5. The van der Waals surface area contributed by atoms with Crippen molar-refractivity contribution in [3.63, 3.8) is 0 Å². The van der Waals surface area contributed by atoms with Gasteiger partial charge in [-0.25, -0.2) is 4.57 Å². The van der Waals surface area contributed by atoms with E-state index in [1.54, 1.807) is 0 Å². The van der Waals surface area contributed by atoms with E-state index in [9.17, 15) is 0 Å². The van der Waals surface area contributed by atoms with Gasteiger partial charge in [0.15, 0.2) is 11.0 Å². The summed E-state index contributed by atoms with van der Waals surface area (Å²) in [5.41, 5.74) is 14.4. The number of rotatable bonds is 1. The fraction of sp³-hybridized carbons (Fsp3) is 0.213. The molecule has 10 rings (SSSR count). The monoisotopic (exact) mass is 677 g/mol. The molecule has 2 aliphatic heterocycles. The molecule has 0 radical (unpaired) electrons. The number of nitrogens with zero attached hydrogens (tertiary/aromatic N) is 2. The number of aryl methyl sites for hydroxylation is 2. The minimum atomic E-state index is 0.00761. The van der Waals surface area contributed by atoms with Crippen molar-refractivity contribution in [1.82, 2.24) is 4.40 Å². The second-order valence-corrected chi connectivity index (χ2v) is 17.0. The summed E-state index contributed by atoms with van der Waals surface area (Å²) in [7, 11) is 2.18. The molecule has 0 unspecified atom stereocenters. The minimum absolute atomic E-state index is 0.00761. The van der Waals surface area contributed by atoms with Crippen molar-refractivity contribution in [2.45, 2.75) is 59.3 Å². The molecule has 0 atom stereocenters. The summed E-state index contributed by atoms with van der Waals surface area (Å²) in [6.45, 7) is 15.9. The Morgan fingerprint density at radius 3 is 1.85 bits per heavy atom. The third-order valence-corrected chi connectivity index (χ3v) is 11.6. The minimum Gasteiger partial charge on any atom is -0.458 e. The van der Waals surface area contributed by atoms with Gasteiger partial charge >= 0.3 is 0 Å². The smallest absolute Gasteiger partial charge is 0.295 e. The zero-order chi connectivity index (χ0) is 35.8. The quantitative estimate of drug-likeness (QED) is 0.0984. The van der Waals surface area contributed by atoms with Crippen LogP contribution >= 0.6 is 0 Å². The zero-order valence-corrected chi connectivity index (χ0v) is 31.2. The largest absolute Gasteiger partial charge is 0.458 e. The maximum atomic E-state index is 6.87. The van der Waals surface area contributed by atoms with Crippen molar-refractivity contribution >= 4 is 61.5 Å². The van der Waals surface area contributed by atoms with Crippen molar-refractivity contribution in [3.8, 4) is 34.1 Å². The van der Waals surface area contributed by atoms with Crippen LogP contribution in [0.25, 0.3) is 49.5 Å². The number of para-hydroxylation sites is 2. The van der Waals surface area contributed by atoms with Gasteiger partial charge in [-0.15, -0.1) is 0 Å². The van der Waals surface area contributed by atoms with Gasteiger partial charge in [-0.3, -0.25) is 0 Å². The van der Waals surface area contributed by atoms with Crippen molar-refractivity contribution in [3.05, 3.63) is 126 Å². The van der Waals surface area contributed by atoms with E-state index >= 15 is 0 Å². The summed E-state index contributed by atoms with van der Waals surface area (Å²) >= 11 is 0. The normalized spacial score (nSPS) is 13.7. The standard InChI is InChI=1S/C47H42BN2O2/c1-27-12-11-13-33-32-19-16-28(22-38(32)50-37-15-10-9-14-36(37)49(8)45(50)43(27)33)29-23-41-44-42(24-29)52-40-21-18-31(47(5,6)7)26-35(40)48(44)34-25-30(46(2,3)4)17-20-39(34)51-41/h9-26H,1-8H3/q+1. The predicted molar refractivity (Wildman–Crippen MR) is 216 cm³/mol. The van der Waals surface area contributed by atoms with Crippen LogP contribution in [0.5, 0.6) is 23.0 Å². The summed E-state index contributed by atoms with van der Waals surface area (Å²) in [6, 6.07) is 40.2. The van der Waals surface area contributed by atoms with Crippen LogP contribution in [0.3, 0.4) is 0 Å². The fourth-order valence-corrected chi connectivity index (χ4v) is 8.76. The number of aromatic nitrogens is 2. The molecule has 2 aromatic heterocycles. The van der Waals surface area contributed by atoms with Gasteiger partial charge in [-0.1, -0.05) is 102 Å². The third kappa shape index (κ3) is 4.38. The maximum absolute atomic E-state index is 6.87. The highest BCUT2D eigenvalue weighted by Crippen LogP contribution is 2.41. The molecule has 8 aromatic rings. The van der Waals surface area contributed by atoms with E-state index in [-0.39, 0.29) is 17.5 Å². The highest BCUT2D eigenvalue weighted by Gasteiger charge is 2.41. The molecule has 254 valence electrons. The fourth-order valence-electron chi connectivity index (χ4n) is 8.76. The molecule has 0 saturated heterocycles. The first-order valence-electron chi connectivity index (χ1n) is 18.4. The predicted octanol–water partition coefficient (Wildman–Crippen LogP) is 9.52. The Balaban J connectivity index is 1.22. The van der Waals surface area contributed by atoms with Gasteiger partial charge in [0.05, 0.1) is 12.4 Å². The number of hydrogen-bond acceptors (Lipinski definition) is 2. The van der Waals surface area contributed by atoms with Crippen molar-refractivity contribution in [2.24, 2.45) is 7.05 Å². The average molecular weight is 678 g/mol. The summed E-state index contributed by atoms with van der Waals surface area (Å²) in [4.78, 5) is 0. The zero-order valence-electron chi connectivity index (χ0n) is 31.2. The van der Waals surface area contributed by atoms with Crippen molar-refractivity contribution in [2.75, 3.05) is 0 Å². The molecule has 0 bridgehead atoms. The number of fused-ring (bicyclic) bond motifs is 12. The molecule has 0 aliphatic carbocycles. The molecule has 52 heavy (non-hydrogen) atoms. The second-order valence-electron chi connectivity index (χ2n) is 17.0. The number of imidazole rings is 1. The number of hydrogen-bond donors (Lipinski definition) is 0. The summed E-state index contributed by atoms with van der Waals surface area (Å²) in [5, 5.41) is 3.78. The molecule has 6 aromatic carbocycles. The van der Waals surface area contributed by atoms with E-state index in [0.29, 0.717) is 0 Å². The first kappa shape index (κ1) is 31.2. The van der Waals surface area contributed by atoms with Crippen LogP contribution in [0.2, 0.25) is 0 Å². The Kier molecular flexibility index (Phi) is 6.31. The lowest BCUT2D eigenvalue weighted by molar-refractivity contribution is -0.617. The van der Waals surface area contributed by atoms with Gasteiger partial charge in [-0.2, -0.15) is 4.40 Å². The van der Waals surface area contributed by atoms with Crippen molar-refractivity contribution in [1.29, 1.82) is 0 Å². The maximum Gasteiger partial charge on any atom is 0.295 e. The van der Waals surface area contributed by atoms with Crippen LogP contribution in [0.15, 0.2) is 109 Å². The van der Waals surface area contributed by atoms with Gasteiger partial charge < -0.3 is 9.47 Å². The Labute approximate surface area is 305 Å². The molecule has 0 spiro atoms. The van der Waals surface area contributed by atoms with Crippen LogP contribution in [0.4, 0.5) is 0 Å². The van der Waals surface area contributed by atoms with E-state index in [4.69, 9.17) is 9.47 Å². The van der Waals surface area contributed by atoms with Crippen LogP contribution in [-0.4, -0.2) is 11.1 Å². The highest BCUT2D eigenvalue weighted by atomic mass is 16.5. The molecular weight excluding hydrogens is 635 g/mol. The first-order valence-corrected chi connectivity index (χ1v) is 18.4. The van der Waals surface area contributed by atoms with Gasteiger partial charge in [-0.05, 0) is 105 Å². The second kappa shape index (κ2) is 10.5. The SMILES string of the molecule is Cc1cccc2c3ccc(-c4cc5c6c(c4)Oc4ccc(C(C)(C)C)cc4B6c4cc(C(C)(C)C)ccc4O5)cc3n3c4ccccc4[n+](C)c3c12. The Bertz CT molecular complexity index is 2760. The Morgan fingerprint density at radius 2 is 1.21 bits per heavy atom. The van der Waals surface area contributed by atoms with Crippen molar-refractivity contribution < 1.29 is 14.0 Å². The number of pyridine rings is 1. The van der Waals surface area contributed by atoms with E-state index in [2.05, 4.69) is 174 Å². The molecular formula is C47H42BN2O2+. The lowest BCUT2D eigenvalue weighted by atomic mass is 9.34. The van der Waals surface area contributed by atoms with Gasteiger partial charge in [0.25, 0.3) is 12.4 Å². The lowest BCUT2D eigenvalue weighted by Gasteiger charge is -2.35. The van der Waals surface area contributed by atoms with Crippen LogP contribution in [0.1, 0.15) is 58.2 Å². The summed E-state index contributed by atoms with van der Waals surface area (Å²) in [5.74, 6) is 3.54. The molecule has 0 fully saturated rings. The van der Waals surface area contributed by atoms with E-state index < -0.39 is 0 Å². The molecule has 0 amide bonds. The molecule has 4 heterocycles. The molecule has 2 aliphatic rings. The lowest BCUT2D eigenvalue weighted by Crippen LogP contribution is -2.57. The van der Waals surface area contributed by atoms with Gasteiger partial charge in [0.1, 0.15) is 28.5 Å². The van der Waals surface area contributed by atoms with Crippen LogP contribution < -0.4 is 30.4 Å². The van der Waals surface area contributed by atoms with Gasteiger partial charge in [0, 0.05) is 16.2 Å². The topological polar surface area (TPSA) is 26.8 Å². The average Bonchev–Trinajstić information content (AvgIpc) is 3.42. The van der Waals surface area contributed by atoms with E-state index in [0.717, 1.165) is 39.6 Å². The number of benzene rings is 6. The van der Waals surface area contributed by atoms with Crippen LogP contribution in [0, 0.1) is 6.92 Å². The molecule has 0 N–H and O–H groups in total. The highest BCUT2D eigenvalue weighted by molar-refractivity contribution is 6.98. The van der Waals surface area contributed by atoms with E-state index in [1.165, 1.54) is 66.0 Å². The van der Waals surface area contributed by atoms with Gasteiger partial charge in [0.2, 0.25) is 0 Å². The molecule has 0 saturated carbocycles. The number of ether oxygens (including phenoxy) is 2. The third-order valence-electron chi connectivity index (χ3n) is 11.6. The first-order chi connectivity index (χ1) is 24.9.